The van der Waals surface area contributed by atoms with Crippen LogP contribution in [0.25, 0.3) is 0 Å². The van der Waals surface area contributed by atoms with E-state index in [1.54, 1.807) is 17.8 Å². The fourth-order valence-corrected chi connectivity index (χ4v) is 2.14. The Balaban J connectivity index is 0.00000364. The van der Waals surface area contributed by atoms with E-state index in [1.165, 1.54) is 17.8 Å². The molecule has 0 aliphatic carbocycles. The molecule has 0 aliphatic rings. The average Bonchev–Trinajstić information content (AvgIpc) is 3.10. The van der Waals surface area contributed by atoms with E-state index < -0.39 is 5.91 Å². The lowest BCUT2D eigenvalue weighted by molar-refractivity contribution is -0.105. The molecule has 27 heavy (non-hydrogen) atoms. The molecule has 2 heterocycles. The van der Waals surface area contributed by atoms with Crippen molar-refractivity contribution in [1.82, 2.24) is 24.6 Å². The molecule has 3 amide bonds. The number of carbonyl (C=O) groups is 3. The largest absolute Gasteiger partial charge is 0.388 e. The number of nitrogens with one attached hydrogen (secondary N) is 4. The molecule has 0 saturated carbocycles. The van der Waals surface area contributed by atoms with E-state index in [4.69, 9.17) is 11.1 Å². The van der Waals surface area contributed by atoms with Crippen LogP contribution in [0.1, 0.15) is 27.5 Å². The van der Waals surface area contributed by atoms with E-state index in [2.05, 4.69) is 26.0 Å². The van der Waals surface area contributed by atoms with Crippen molar-refractivity contribution in [2.75, 3.05) is 17.2 Å². The number of nitrogens with two attached hydrogens (primary N) is 1. The van der Waals surface area contributed by atoms with Gasteiger partial charge in [0.15, 0.2) is 0 Å². The van der Waals surface area contributed by atoms with Crippen molar-refractivity contribution < 1.29 is 14.4 Å². The number of anilines is 2. The van der Waals surface area contributed by atoms with Crippen LogP contribution in [-0.4, -0.2) is 49.9 Å². The summed E-state index contributed by atoms with van der Waals surface area (Å²) < 4.78 is 2.77. The second kappa shape index (κ2) is 9.33. The summed E-state index contributed by atoms with van der Waals surface area (Å²) in [4.78, 5) is 38.7. The third kappa shape index (κ3) is 5.54. The van der Waals surface area contributed by atoms with Crippen molar-refractivity contribution in [1.29, 1.82) is 5.41 Å². The Hall–Kier alpha value is -3.41. The highest BCUT2D eigenvalue weighted by Gasteiger charge is 2.18. The lowest BCUT2D eigenvalue weighted by atomic mass is 10.3. The van der Waals surface area contributed by atoms with Crippen LogP contribution in [0, 0.1) is 5.41 Å². The third-order valence-electron chi connectivity index (χ3n) is 3.33. The molecule has 2 aromatic rings. The van der Waals surface area contributed by atoms with Gasteiger partial charge < -0.3 is 20.9 Å². The van der Waals surface area contributed by atoms with Gasteiger partial charge in [0.25, 0.3) is 11.8 Å². The van der Waals surface area contributed by atoms with Gasteiger partial charge in [0.2, 0.25) is 18.2 Å². The minimum absolute atomic E-state index is 0. The SMILES string of the molecule is Cl.Cn1cc(NC(=O)c2nc(NC=O)nn2C)cc1C(=O)NCCC(=N)N. The second-order valence-electron chi connectivity index (χ2n) is 5.36. The first-order chi connectivity index (χ1) is 12.3. The van der Waals surface area contributed by atoms with Crippen LogP contribution in [-0.2, 0) is 18.9 Å². The predicted octanol–water partition coefficient (Wildman–Crippen LogP) is -0.548. The summed E-state index contributed by atoms with van der Waals surface area (Å²) in [5, 5.41) is 18.5. The molecule has 12 nitrogen and oxygen atoms in total. The highest BCUT2D eigenvalue weighted by Crippen LogP contribution is 2.14. The van der Waals surface area contributed by atoms with Crippen molar-refractivity contribution in [3.8, 4) is 0 Å². The molecular weight excluding hydrogens is 378 g/mol. The third-order valence-corrected chi connectivity index (χ3v) is 3.33. The molecule has 0 atom stereocenters. The fraction of sp³-hybridized carbons (Fsp3) is 0.286. The molecule has 2 rings (SSSR count). The smallest absolute Gasteiger partial charge is 0.293 e. The van der Waals surface area contributed by atoms with Crippen LogP contribution in [0.4, 0.5) is 11.6 Å². The van der Waals surface area contributed by atoms with Crippen LogP contribution in [0.2, 0.25) is 0 Å². The Labute approximate surface area is 160 Å². The summed E-state index contributed by atoms with van der Waals surface area (Å²) in [6.07, 6.45) is 2.23. The zero-order valence-corrected chi connectivity index (χ0v) is 15.5. The molecule has 13 heteroatoms. The molecule has 0 unspecified atom stereocenters. The maximum atomic E-state index is 12.3. The van der Waals surface area contributed by atoms with E-state index in [1.807, 2.05) is 0 Å². The van der Waals surface area contributed by atoms with Crippen molar-refractivity contribution in [2.45, 2.75) is 6.42 Å². The van der Waals surface area contributed by atoms with Crippen LogP contribution >= 0.6 is 12.4 Å². The molecule has 0 fully saturated rings. The van der Waals surface area contributed by atoms with Gasteiger partial charge in [0, 0.05) is 33.3 Å². The van der Waals surface area contributed by atoms with Gasteiger partial charge in [0.1, 0.15) is 5.69 Å². The molecule has 6 N–H and O–H groups in total. The van der Waals surface area contributed by atoms with Crippen LogP contribution < -0.4 is 21.7 Å². The Bertz CT molecular complexity index is 858. The topological polar surface area (TPSA) is 173 Å². The quantitative estimate of drug-likeness (QED) is 0.227. The standard InChI is InChI=1S/C14H19N9O3.ClH/c1-22-6-8(5-9(22)12(25)17-4-3-10(15)16)19-13(26)11-20-14(18-7-24)21-23(11)2;/h5-7H,3-4H2,1-2H3,(H3,15,16)(H,17,25)(H,19,26)(H,18,21,24);1H. The first kappa shape index (κ1) is 21.6. The minimum atomic E-state index is -0.548. The lowest BCUT2D eigenvalue weighted by Crippen LogP contribution is -2.28. The number of aromatic nitrogens is 4. The molecule has 0 bridgehead atoms. The Morgan fingerprint density at radius 1 is 1.33 bits per heavy atom. The van der Waals surface area contributed by atoms with Gasteiger partial charge in [-0.25, -0.2) is 4.68 Å². The van der Waals surface area contributed by atoms with Crippen LogP contribution in [0.5, 0.6) is 0 Å². The number of hydrogen-bond acceptors (Lipinski definition) is 6. The van der Waals surface area contributed by atoms with E-state index in [9.17, 15) is 14.4 Å². The summed E-state index contributed by atoms with van der Waals surface area (Å²) in [5.74, 6) is -0.923. The number of rotatable bonds is 8. The molecule has 2 aromatic heterocycles. The first-order valence-corrected chi connectivity index (χ1v) is 7.52. The summed E-state index contributed by atoms with van der Waals surface area (Å²) in [6.45, 7) is 0.243. The normalized spacial score (nSPS) is 9.85. The van der Waals surface area contributed by atoms with Gasteiger partial charge in [-0.05, 0) is 6.07 Å². The van der Waals surface area contributed by atoms with Crippen molar-refractivity contribution in [3.63, 3.8) is 0 Å². The molecule has 0 aromatic carbocycles. The summed E-state index contributed by atoms with van der Waals surface area (Å²) in [7, 11) is 3.17. The van der Waals surface area contributed by atoms with Crippen molar-refractivity contribution in [3.05, 3.63) is 23.8 Å². The zero-order chi connectivity index (χ0) is 19.3. The number of carbonyl (C=O) groups excluding carboxylic acids is 3. The summed E-state index contributed by atoms with van der Waals surface area (Å²) in [6, 6.07) is 1.50. The molecular formula is C14H20ClN9O3. The predicted molar refractivity (Wildman–Crippen MR) is 100 cm³/mol. The molecule has 0 spiro atoms. The first-order valence-electron chi connectivity index (χ1n) is 7.52. The number of hydrogen-bond donors (Lipinski definition) is 5. The lowest BCUT2D eigenvalue weighted by Gasteiger charge is -2.04. The van der Waals surface area contributed by atoms with Gasteiger partial charge in [0.05, 0.1) is 11.5 Å². The monoisotopic (exact) mass is 397 g/mol. The highest BCUT2D eigenvalue weighted by atomic mass is 35.5. The van der Waals surface area contributed by atoms with E-state index in [0.717, 1.165) is 0 Å². The fourth-order valence-electron chi connectivity index (χ4n) is 2.14. The summed E-state index contributed by atoms with van der Waals surface area (Å²) >= 11 is 0. The van der Waals surface area contributed by atoms with Crippen molar-refractivity contribution >= 4 is 48.1 Å². The minimum Gasteiger partial charge on any atom is -0.388 e. The number of nitrogens with zero attached hydrogens (tertiary/aromatic N) is 4. The maximum Gasteiger partial charge on any atom is 0.293 e. The number of aryl methyl sites for hydroxylation is 2. The molecule has 0 saturated heterocycles. The maximum absolute atomic E-state index is 12.3. The van der Waals surface area contributed by atoms with Gasteiger partial charge in [-0.2, -0.15) is 4.98 Å². The van der Waals surface area contributed by atoms with Gasteiger partial charge in [-0.1, -0.05) is 0 Å². The number of amides is 3. The molecule has 0 aliphatic heterocycles. The summed E-state index contributed by atoms with van der Waals surface area (Å²) in [5.41, 5.74) is 5.95. The average molecular weight is 398 g/mol. The van der Waals surface area contributed by atoms with E-state index >= 15 is 0 Å². The van der Waals surface area contributed by atoms with Gasteiger partial charge in [-0.15, -0.1) is 17.5 Å². The Morgan fingerprint density at radius 2 is 2.04 bits per heavy atom. The molecule has 0 radical (unpaired) electrons. The second-order valence-corrected chi connectivity index (χ2v) is 5.36. The number of amidine groups is 1. The Morgan fingerprint density at radius 3 is 2.67 bits per heavy atom. The number of halogens is 1. The van der Waals surface area contributed by atoms with Gasteiger partial charge >= 0.3 is 0 Å². The molecule has 146 valence electrons. The van der Waals surface area contributed by atoms with Gasteiger partial charge in [-0.3, -0.25) is 25.1 Å². The van der Waals surface area contributed by atoms with E-state index in [-0.39, 0.29) is 48.9 Å². The Kier molecular flexibility index (Phi) is 7.48. The zero-order valence-electron chi connectivity index (χ0n) is 14.6. The van der Waals surface area contributed by atoms with E-state index in [0.29, 0.717) is 17.8 Å². The van der Waals surface area contributed by atoms with Crippen LogP contribution in [0.3, 0.4) is 0 Å². The van der Waals surface area contributed by atoms with Crippen LogP contribution in [0.15, 0.2) is 12.3 Å². The highest BCUT2D eigenvalue weighted by molar-refractivity contribution is 6.03. The van der Waals surface area contributed by atoms with Crippen molar-refractivity contribution in [2.24, 2.45) is 19.8 Å².